The molecule has 1 amide bonds. The zero-order chi connectivity index (χ0) is 13.2. The summed E-state index contributed by atoms with van der Waals surface area (Å²) in [5, 5.41) is 8.73. The van der Waals surface area contributed by atoms with E-state index in [1.165, 1.54) is 0 Å². The van der Waals surface area contributed by atoms with Crippen LogP contribution in [0.3, 0.4) is 0 Å². The van der Waals surface area contributed by atoms with Crippen molar-refractivity contribution in [2.45, 2.75) is 19.0 Å². The van der Waals surface area contributed by atoms with E-state index in [0.29, 0.717) is 0 Å². The van der Waals surface area contributed by atoms with E-state index in [2.05, 4.69) is 4.18 Å². The maximum Gasteiger partial charge on any atom is 0.407 e. The van der Waals surface area contributed by atoms with E-state index in [0.717, 1.165) is 11.2 Å². The molecule has 0 bridgehead atoms. The molecule has 100 valence electrons. The van der Waals surface area contributed by atoms with Gasteiger partial charge < -0.3 is 10.0 Å². The van der Waals surface area contributed by atoms with E-state index in [1.807, 2.05) is 0 Å². The summed E-state index contributed by atoms with van der Waals surface area (Å²) in [5.41, 5.74) is 0. The molecule has 17 heavy (non-hydrogen) atoms. The second kappa shape index (κ2) is 5.13. The molecule has 1 fully saturated rings. The summed E-state index contributed by atoms with van der Waals surface area (Å²) in [5.74, 6) is -1.20. The monoisotopic (exact) mass is 273 g/mol. The first kappa shape index (κ1) is 14.1. The predicted octanol–water partition coefficient (Wildman–Crippen LogP) is 0.596. The molecule has 0 spiro atoms. The van der Waals surface area contributed by atoms with Crippen LogP contribution < -0.4 is 0 Å². The van der Waals surface area contributed by atoms with Crippen molar-refractivity contribution in [3.05, 3.63) is 0 Å². The van der Waals surface area contributed by atoms with Gasteiger partial charge in [-0.05, 0) is 6.42 Å². The fraction of sp³-hybridized carbons (Fsp3) is 0.875. The number of carbonyl (C=O) groups is 1. The Morgan fingerprint density at radius 1 is 1.47 bits per heavy atom. The highest BCUT2D eigenvalue weighted by Crippen LogP contribution is 2.25. The number of likely N-dealkylation sites (tertiary alicyclic amines) is 1. The Morgan fingerprint density at radius 2 is 2.06 bits per heavy atom. The van der Waals surface area contributed by atoms with E-state index in [4.69, 9.17) is 5.11 Å². The van der Waals surface area contributed by atoms with E-state index < -0.39 is 34.7 Å². The van der Waals surface area contributed by atoms with Crippen molar-refractivity contribution in [1.82, 2.24) is 4.90 Å². The van der Waals surface area contributed by atoms with Gasteiger partial charge in [0.15, 0.2) is 0 Å². The molecule has 0 aromatic heterocycles. The van der Waals surface area contributed by atoms with Crippen LogP contribution in [0, 0.1) is 5.92 Å². The minimum absolute atomic E-state index is 0.172. The minimum atomic E-state index is -3.79. The second-order valence-electron chi connectivity index (χ2n) is 3.94. The second-order valence-corrected chi connectivity index (χ2v) is 5.54. The van der Waals surface area contributed by atoms with Gasteiger partial charge in [0.25, 0.3) is 10.1 Å². The zero-order valence-electron chi connectivity index (χ0n) is 9.04. The predicted molar refractivity (Wildman–Crippen MR) is 53.4 cm³/mol. The molecule has 0 aliphatic carbocycles. The number of carboxylic acid groups (broad SMARTS) is 1. The van der Waals surface area contributed by atoms with Crippen molar-refractivity contribution in [2.24, 2.45) is 5.92 Å². The van der Waals surface area contributed by atoms with Crippen molar-refractivity contribution in [2.75, 3.05) is 19.3 Å². The Labute approximate surface area is 97.3 Å². The quantitative estimate of drug-likeness (QED) is 0.761. The summed E-state index contributed by atoms with van der Waals surface area (Å²) in [6, 6.07) is 0. The standard InChI is InChI=1S/C8H13F2NO5S/c1-17(14,15)16-6-2-5(7(9)10)3-11(4-6)8(12)13/h5-7H,2-4H2,1H3,(H,12,13). The van der Waals surface area contributed by atoms with Crippen LogP contribution in [-0.2, 0) is 14.3 Å². The summed E-state index contributed by atoms with van der Waals surface area (Å²) in [4.78, 5) is 11.5. The summed E-state index contributed by atoms with van der Waals surface area (Å²) in [7, 11) is -3.79. The lowest BCUT2D eigenvalue weighted by Crippen LogP contribution is -2.48. The van der Waals surface area contributed by atoms with Gasteiger partial charge in [0.2, 0.25) is 6.43 Å². The Bertz CT molecular complexity index is 385. The van der Waals surface area contributed by atoms with E-state index in [1.54, 1.807) is 0 Å². The van der Waals surface area contributed by atoms with Gasteiger partial charge in [-0.1, -0.05) is 0 Å². The molecule has 6 nitrogen and oxygen atoms in total. The Hall–Kier alpha value is -0.960. The molecule has 1 heterocycles. The normalized spacial score (nSPS) is 26.2. The van der Waals surface area contributed by atoms with Gasteiger partial charge in [-0.2, -0.15) is 8.42 Å². The topological polar surface area (TPSA) is 83.9 Å². The van der Waals surface area contributed by atoms with E-state index in [9.17, 15) is 22.0 Å². The lowest BCUT2D eigenvalue weighted by Gasteiger charge is -2.34. The summed E-state index contributed by atoms with van der Waals surface area (Å²) < 4.78 is 51.4. The first-order valence-electron chi connectivity index (χ1n) is 4.83. The highest BCUT2D eigenvalue weighted by Gasteiger charge is 2.36. The number of hydrogen-bond donors (Lipinski definition) is 1. The molecule has 1 aliphatic rings. The zero-order valence-corrected chi connectivity index (χ0v) is 9.86. The Kier molecular flexibility index (Phi) is 4.26. The lowest BCUT2D eigenvalue weighted by molar-refractivity contribution is -0.00984. The third-order valence-electron chi connectivity index (χ3n) is 2.38. The lowest BCUT2D eigenvalue weighted by atomic mass is 9.97. The van der Waals surface area contributed by atoms with Crippen LogP contribution in [-0.4, -0.2) is 56.4 Å². The van der Waals surface area contributed by atoms with Crippen LogP contribution in [0.4, 0.5) is 13.6 Å². The summed E-state index contributed by atoms with van der Waals surface area (Å²) in [6.45, 7) is -0.526. The van der Waals surface area contributed by atoms with Gasteiger partial charge in [0.05, 0.1) is 18.9 Å². The van der Waals surface area contributed by atoms with Crippen molar-refractivity contribution < 1.29 is 31.3 Å². The van der Waals surface area contributed by atoms with Crippen LogP contribution in [0.25, 0.3) is 0 Å². The number of piperidine rings is 1. The molecule has 1 aliphatic heterocycles. The molecule has 9 heteroatoms. The van der Waals surface area contributed by atoms with Crippen LogP contribution in [0.15, 0.2) is 0 Å². The molecule has 0 aromatic rings. The van der Waals surface area contributed by atoms with Gasteiger partial charge in [-0.25, -0.2) is 13.6 Å². The summed E-state index contributed by atoms with van der Waals surface area (Å²) >= 11 is 0. The first-order valence-corrected chi connectivity index (χ1v) is 6.65. The number of halogens is 2. The Morgan fingerprint density at radius 3 is 2.47 bits per heavy atom. The maximum absolute atomic E-state index is 12.5. The number of nitrogens with zero attached hydrogens (tertiary/aromatic N) is 1. The van der Waals surface area contributed by atoms with Crippen LogP contribution in [0.1, 0.15) is 6.42 Å². The van der Waals surface area contributed by atoms with Gasteiger partial charge in [0.1, 0.15) is 0 Å². The minimum Gasteiger partial charge on any atom is -0.465 e. The molecular formula is C8H13F2NO5S. The molecule has 0 saturated carbocycles. The number of hydrogen-bond acceptors (Lipinski definition) is 4. The highest BCUT2D eigenvalue weighted by atomic mass is 32.2. The molecule has 0 radical (unpaired) electrons. The van der Waals surface area contributed by atoms with Crippen molar-refractivity contribution in [3.63, 3.8) is 0 Å². The fourth-order valence-electron chi connectivity index (χ4n) is 1.75. The molecule has 1 rings (SSSR count). The fourth-order valence-corrected chi connectivity index (χ4v) is 2.38. The van der Waals surface area contributed by atoms with Gasteiger partial charge >= 0.3 is 6.09 Å². The molecule has 1 N–H and O–H groups in total. The molecule has 2 unspecified atom stereocenters. The summed E-state index contributed by atoms with van der Waals surface area (Å²) in [6.07, 6.45) is -4.49. The van der Waals surface area contributed by atoms with E-state index >= 15 is 0 Å². The van der Waals surface area contributed by atoms with Crippen molar-refractivity contribution >= 4 is 16.2 Å². The third-order valence-corrected chi connectivity index (χ3v) is 3.00. The first-order chi connectivity index (χ1) is 7.69. The smallest absolute Gasteiger partial charge is 0.407 e. The van der Waals surface area contributed by atoms with Crippen LogP contribution >= 0.6 is 0 Å². The van der Waals surface area contributed by atoms with Gasteiger partial charge in [-0.3, -0.25) is 4.18 Å². The maximum atomic E-state index is 12.5. The van der Waals surface area contributed by atoms with E-state index in [-0.39, 0.29) is 19.5 Å². The average Bonchev–Trinajstić information content (AvgIpc) is 2.14. The van der Waals surface area contributed by atoms with Crippen LogP contribution in [0.2, 0.25) is 0 Å². The highest BCUT2D eigenvalue weighted by molar-refractivity contribution is 7.86. The van der Waals surface area contributed by atoms with Gasteiger partial charge in [0, 0.05) is 12.5 Å². The molecule has 0 aromatic carbocycles. The number of amides is 1. The molecular weight excluding hydrogens is 260 g/mol. The number of rotatable bonds is 3. The third kappa shape index (κ3) is 4.43. The molecule has 1 saturated heterocycles. The van der Waals surface area contributed by atoms with Crippen molar-refractivity contribution in [3.8, 4) is 0 Å². The largest absolute Gasteiger partial charge is 0.465 e. The SMILES string of the molecule is CS(=O)(=O)OC1CC(C(F)F)CN(C(=O)O)C1. The van der Waals surface area contributed by atoms with Crippen LogP contribution in [0.5, 0.6) is 0 Å². The number of alkyl halides is 2. The van der Waals surface area contributed by atoms with Gasteiger partial charge in [-0.15, -0.1) is 0 Å². The average molecular weight is 273 g/mol. The Balaban J connectivity index is 2.75. The van der Waals surface area contributed by atoms with Crippen molar-refractivity contribution in [1.29, 1.82) is 0 Å². The molecule has 2 atom stereocenters.